The molecule has 0 aliphatic rings. The summed E-state index contributed by atoms with van der Waals surface area (Å²) in [4.78, 5) is 18.1. The lowest BCUT2D eigenvalue weighted by atomic mass is 10.2. The van der Waals surface area contributed by atoms with Gasteiger partial charge in [-0.25, -0.2) is 18.2 Å². The van der Waals surface area contributed by atoms with Crippen molar-refractivity contribution in [2.75, 3.05) is 0 Å². The van der Waals surface area contributed by atoms with Gasteiger partial charge in [0.2, 0.25) is 0 Å². The van der Waals surface area contributed by atoms with Crippen molar-refractivity contribution in [3.8, 4) is 0 Å². The molecule has 1 amide bonds. The SMILES string of the molecule is O=C(NCc1ncc[nH]1)c1ccc(F)c(F)c1F. The Morgan fingerprint density at radius 1 is 1.28 bits per heavy atom. The predicted octanol–water partition coefficient (Wildman–Crippen LogP) is 1.76. The largest absolute Gasteiger partial charge is 0.347 e. The maximum absolute atomic E-state index is 13.3. The summed E-state index contributed by atoms with van der Waals surface area (Å²) in [6.07, 6.45) is 3.04. The Morgan fingerprint density at radius 3 is 2.72 bits per heavy atom. The van der Waals surface area contributed by atoms with Crippen molar-refractivity contribution in [1.82, 2.24) is 15.3 Å². The van der Waals surface area contributed by atoms with E-state index in [2.05, 4.69) is 15.3 Å². The molecule has 1 heterocycles. The first kappa shape index (κ1) is 12.2. The Morgan fingerprint density at radius 2 is 2.06 bits per heavy atom. The normalized spacial score (nSPS) is 10.4. The molecule has 0 aliphatic heterocycles. The summed E-state index contributed by atoms with van der Waals surface area (Å²) in [7, 11) is 0. The number of benzene rings is 1. The van der Waals surface area contributed by atoms with Crippen LogP contribution >= 0.6 is 0 Å². The summed E-state index contributed by atoms with van der Waals surface area (Å²) >= 11 is 0. The number of hydrogen-bond donors (Lipinski definition) is 2. The maximum Gasteiger partial charge on any atom is 0.254 e. The number of halogens is 3. The standard InChI is InChI=1S/C11H8F3N3O/c12-7-2-1-6(9(13)10(7)14)11(18)17-5-8-15-3-4-16-8/h1-4H,5H2,(H,15,16)(H,17,18). The van der Waals surface area contributed by atoms with Crippen LogP contribution in [0, 0.1) is 17.5 Å². The predicted molar refractivity (Wildman–Crippen MR) is 56.1 cm³/mol. The first-order valence-corrected chi connectivity index (χ1v) is 4.99. The molecular weight excluding hydrogens is 247 g/mol. The molecule has 0 bridgehead atoms. The monoisotopic (exact) mass is 255 g/mol. The number of amides is 1. The van der Waals surface area contributed by atoms with Gasteiger partial charge in [0.25, 0.3) is 5.91 Å². The van der Waals surface area contributed by atoms with Gasteiger partial charge in [0, 0.05) is 12.4 Å². The second kappa shape index (κ2) is 4.91. The summed E-state index contributed by atoms with van der Waals surface area (Å²) in [5.74, 6) is -4.89. The lowest BCUT2D eigenvalue weighted by Gasteiger charge is -2.05. The number of rotatable bonds is 3. The van der Waals surface area contributed by atoms with Crippen molar-refractivity contribution in [2.24, 2.45) is 0 Å². The third-order valence-electron chi connectivity index (χ3n) is 2.25. The fourth-order valence-corrected chi connectivity index (χ4v) is 1.36. The quantitative estimate of drug-likeness (QED) is 0.821. The van der Waals surface area contributed by atoms with Crippen LogP contribution in [0.15, 0.2) is 24.5 Å². The second-order valence-electron chi connectivity index (χ2n) is 3.44. The number of imidazole rings is 1. The zero-order valence-corrected chi connectivity index (χ0v) is 9.01. The van der Waals surface area contributed by atoms with Gasteiger partial charge in [0.05, 0.1) is 12.1 Å². The Kier molecular flexibility index (Phi) is 3.31. The molecule has 7 heteroatoms. The van der Waals surface area contributed by atoms with E-state index in [-0.39, 0.29) is 6.54 Å². The Labute approximate surface area is 99.9 Å². The van der Waals surface area contributed by atoms with Gasteiger partial charge in [0.15, 0.2) is 17.5 Å². The first-order valence-electron chi connectivity index (χ1n) is 4.99. The summed E-state index contributed by atoms with van der Waals surface area (Å²) < 4.78 is 38.9. The van der Waals surface area contributed by atoms with Crippen molar-refractivity contribution in [1.29, 1.82) is 0 Å². The Hall–Kier alpha value is -2.31. The van der Waals surface area contributed by atoms with E-state index in [1.807, 2.05) is 0 Å². The molecule has 0 unspecified atom stereocenters. The fraction of sp³-hybridized carbons (Fsp3) is 0.0909. The topological polar surface area (TPSA) is 57.8 Å². The van der Waals surface area contributed by atoms with E-state index >= 15 is 0 Å². The van der Waals surface area contributed by atoms with Crippen molar-refractivity contribution < 1.29 is 18.0 Å². The van der Waals surface area contributed by atoms with Crippen LogP contribution in [0.2, 0.25) is 0 Å². The van der Waals surface area contributed by atoms with E-state index in [0.29, 0.717) is 11.9 Å². The van der Waals surface area contributed by atoms with Gasteiger partial charge >= 0.3 is 0 Å². The average molecular weight is 255 g/mol. The number of nitrogens with zero attached hydrogens (tertiary/aromatic N) is 1. The molecular formula is C11H8F3N3O. The average Bonchev–Trinajstić information content (AvgIpc) is 2.86. The minimum atomic E-state index is -1.67. The number of carbonyl (C=O) groups is 1. The fourth-order valence-electron chi connectivity index (χ4n) is 1.36. The number of aromatic amines is 1. The van der Waals surface area contributed by atoms with Crippen molar-refractivity contribution in [3.05, 3.63) is 53.4 Å². The molecule has 2 rings (SSSR count). The third kappa shape index (κ3) is 2.34. The highest BCUT2D eigenvalue weighted by Crippen LogP contribution is 2.15. The minimum absolute atomic E-state index is 0.0320. The Bertz CT molecular complexity index is 569. The molecule has 0 radical (unpaired) electrons. The molecule has 94 valence electrons. The second-order valence-corrected chi connectivity index (χ2v) is 3.44. The van der Waals surface area contributed by atoms with Gasteiger partial charge in [-0.3, -0.25) is 4.79 Å². The van der Waals surface area contributed by atoms with Crippen LogP contribution in [0.5, 0.6) is 0 Å². The van der Waals surface area contributed by atoms with Gasteiger partial charge in [0.1, 0.15) is 5.82 Å². The van der Waals surface area contributed by atoms with E-state index in [1.165, 1.54) is 6.20 Å². The number of hydrogen-bond acceptors (Lipinski definition) is 2. The van der Waals surface area contributed by atoms with Gasteiger partial charge < -0.3 is 10.3 Å². The lowest BCUT2D eigenvalue weighted by Crippen LogP contribution is -2.25. The van der Waals surface area contributed by atoms with Crippen molar-refractivity contribution in [3.63, 3.8) is 0 Å². The van der Waals surface area contributed by atoms with Crippen LogP contribution in [0.3, 0.4) is 0 Å². The maximum atomic E-state index is 13.3. The number of nitrogens with one attached hydrogen (secondary N) is 2. The highest BCUT2D eigenvalue weighted by Gasteiger charge is 2.18. The molecule has 18 heavy (non-hydrogen) atoms. The smallest absolute Gasteiger partial charge is 0.254 e. The number of aromatic nitrogens is 2. The van der Waals surface area contributed by atoms with Crippen molar-refractivity contribution in [2.45, 2.75) is 6.54 Å². The van der Waals surface area contributed by atoms with Gasteiger partial charge in [-0.1, -0.05) is 0 Å². The Balaban J connectivity index is 2.12. The summed E-state index contributed by atoms with van der Waals surface area (Å²) in [6.45, 7) is 0.0320. The first-order chi connectivity index (χ1) is 8.59. The lowest BCUT2D eigenvalue weighted by molar-refractivity contribution is 0.0944. The molecule has 0 spiro atoms. The van der Waals surface area contributed by atoms with E-state index in [0.717, 1.165) is 6.07 Å². The molecule has 2 N–H and O–H groups in total. The van der Waals surface area contributed by atoms with Crippen LogP contribution in [-0.2, 0) is 6.54 Å². The van der Waals surface area contributed by atoms with E-state index in [1.54, 1.807) is 6.20 Å². The third-order valence-corrected chi connectivity index (χ3v) is 2.25. The molecule has 0 atom stereocenters. The molecule has 4 nitrogen and oxygen atoms in total. The van der Waals surface area contributed by atoms with Crippen LogP contribution in [0.25, 0.3) is 0 Å². The van der Waals surface area contributed by atoms with Crippen LogP contribution in [-0.4, -0.2) is 15.9 Å². The van der Waals surface area contributed by atoms with E-state index in [9.17, 15) is 18.0 Å². The van der Waals surface area contributed by atoms with E-state index < -0.39 is 28.9 Å². The molecule has 0 saturated heterocycles. The molecule has 1 aromatic heterocycles. The molecule has 1 aromatic carbocycles. The summed E-state index contributed by atoms with van der Waals surface area (Å²) in [5, 5.41) is 2.33. The van der Waals surface area contributed by atoms with Gasteiger partial charge in [-0.2, -0.15) is 0 Å². The summed E-state index contributed by atoms with van der Waals surface area (Å²) in [5.41, 5.74) is -0.555. The molecule has 0 aliphatic carbocycles. The van der Waals surface area contributed by atoms with Crippen LogP contribution in [0.1, 0.15) is 16.2 Å². The zero-order valence-electron chi connectivity index (χ0n) is 9.01. The van der Waals surface area contributed by atoms with Crippen molar-refractivity contribution >= 4 is 5.91 Å². The molecule has 2 aromatic rings. The van der Waals surface area contributed by atoms with Crippen LogP contribution < -0.4 is 5.32 Å². The highest BCUT2D eigenvalue weighted by molar-refractivity contribution is 5.94. The molecule has 0 saturated carbocycles. The van der Waals surface area contributed by atoms with Gasteiger partial charge in [-0.15, -0.1) is 0 Å². The minimum Gasteiger partial charge on any atom is -0.347 e. The zero-order chi connectivity index (χ0) is 13.1. The highest BCUT2D eigenvalue weighted by atomic mass is 19.2. The van der Waals surface area contributed by atoms with E-state index in [4.69, 9.17) is 0 Å². The van der Waals surface area contributed by atoms with Crippen LogP contribution in [0.4, 0.5) is 13.2 Å². The number of H-pyrrole nitrogens is 1. The summed E-state index contributed by atoms with van der Waals surface area (Å²) in [6, 6.07) is 1.57. The van der Waals surface area contributed by atoms with Gasteiger partial charge in [-0.05, 0) is 12.1 Å². The number of carbonyl (C=O) groups excluding carboxylic acids is 1. The molecule has 0 fully saturated rings.